The zero-order chi connectivity index (χ0) is 42.2. The first-order valence-electron chi connectivity index (χ1n) is 21.0. The van der Waals surface area contributed by atoms with E-state index in [0.29, 0.717) is 84.0 Å². The van der Waals surface area contributed by atoms with Crippen molar-refractivity contribution < 1.29 is 52.6 Å². The number of nitrogens with one attached hydrogen (secondary N) is 1. The molecule has 0 radical (unpaired) electrons. The minimum Gasteiger partial charge on any atom is -0.493 e. The molecule has 0 amide bonds. The number of methoxy groups -OCH3 is 2. The normalized spacial score (nSPS) is 27.6. The van der Waals surface area contributed by atoms with Gasteiger partial charge in [-0.05, 0) is 81.0 Å². The van der Waals surface area contributed by atoms with E-state index < -0.39 is 41.0 Å². The molecule has 60 heavy (non-hydrogen) atoms. The number of piperazine rings is 1. The minimum absolute atomic E-state index is 0.0311. The first-order chi connectivity index (χ1) is 29.0. The monoisotopic (exact) mass is 845 g/mol. The Morgan fingerprint density at radius 3 is 2.45 bits per heavy atom. The Morgan fingerprint density at radius 2 is 1.72 bits per heavy atom. The SMILES string of the molecule is CCCOc1cc2c(cc1OC)[C@@]1(CS[C@@H]3c4c(OC(C)=O)c(C)c5c(c4[C@@H](COC1=O)N1C3[C@H]3c4c(cc(C)c(OC)c4OCCC)C[C@H]([C@@H]1O)N3C)OCO5)NCC2. The molecule has 14 nitrogen and oxygen atoms in total. The lowest BCUT2D eigenvalue weighted by Gasteiger charge is -2.62. The molecule has 4 bridgehead atoms. The van der Waals surface area contributed by atoms with E-state index in [1.807, 2.05) is 26.0 Å². The van der Waals surface area contributed by atoms with E-state index in [1.54, 1.807) is 26.0 Å². The van der Waals surface area contributed by atoms with Crippen LogP contribution in [0.15, 0.2) is 18.2 Å². The van der Waals surface area contributed by atoms with Crippen molar-refractivity contribution in [1.29, 1.82) is 0 Å². The molecule has 0 saturated carbocycles. The Bertz CT molecular complexity index is 2230. The van der Waals surface area contributed by atoms with E-state index in [2.05, 4.69) is 42.1 Å². The van der Waals surface area contributed by atoms with Gasteiger partial charge in [0.2, 0.25) is 6.79 Å². The number of likely N-dealkylation sites (N-methyl/N-ethyl adjacent to an activating group) is 1. The Balaban J connectivity index is 1.30. The second-order valence-corrected chi connectivity index (χ2v) is 17.7. The van der Waals surface area contributed by atoms with Crippen LogP contribution in [0.5, 0.6) is 40.2 Å². The average molecular weight is 846 g/mol. The average Bonchev–Trinajstić information content (AvgIpc) is 3.73. The molecule has 2 fully saturated rings. The lowest BCUT2D eigenvalue weighted by molar-refractivity contribution is -0.186. The highest BCUT2D eigenvalue weighted by atomic mass is 32.2. The van der Waals surface area contributed by atoms with E-state index in [0.717, 1.165) is 46.2 Å². The number of fused-ring (bicyclic) bond motifs is 9. The van der Waals surface area contributed by atoms with Gasteiger partial charge < -0.3 is 43.0 Å². The Labute approximate surface area is 355 Å². The number of carbonyl (C=O) groups excluding carboxylic acids is 2. The van der Waals surface area contributed by atoms with Gasteiger partial charge in [0.15, 0.2) is 40.0 Å². The van der Waals surface area contributed by atoms with Gasteiger partial charge in [0.25, 0.3) is 0 Å². The van der Waals surface area contributed by atoms with E-state index >= 15 is 4.79 Å². The van der Waals surface area contributed by atoms with E-state index in [-0.39, 0.29) is 31.2 Å². The summed E-state index contributed by atoms with van der Waals surface area (Å²) in [7, 11) is 5.34. The highest BCUT2D eigenvalue weighted by Gasteiger charge is 2.61. The number of rotatable bonds is 9. The predicted molar refractivity (Wildman–Crippen MR) is 223 cm³/mol. The maximum absolute atomic E-state index is 15.0. The number of esters is 2. The van der Waals surface area contributed by atoms with Crippen LogP contribution >= 0.6 is 11.8 Å². The van der Waals surface area contributed by atoms with Crippen molar-refractivity contribution in [3.05, 3.63) is 62.7 Å². The first kappa shape index (κ1) is 41.0. The Morgan fingerprint density at radius 1 is 0.950 bits per heavy atom. The molecule has 15 heteroatoms. The van der Waals surface area contributed by atoms with Gasteiger partial charge in [-0.25, -0.2) is 4.79 Å². The van der Waals surface area contributed by atoms with Gasteiger partial charge in [0, 0.05) is 47.5 Å². The molecule has 1 spiro atoms. The van der Waals surface area contributed by atoms with Crippen molar-refractivity contribution in [3.8, 4) is 40.2 Å². The van der Waals surface area contributed by atoms with E-state index in [1.165, 1.54) is 6.92 Å². The number of aryl methyl sites for hydroxylation is 1. The van der Waals surface area contributed by atoms with Crippen LogP contribution in [-0.2, 0) is 32.7 Å². The summed E-state index contributed by atoms with van der Waals surface area (Å²) in [5.41, 5.74) is 5.58. The summed E-state index contributed by atoms with van der Waals surface area (Å²) in [6.45, 7) is 10.8. The van der Waals surface area contributed by atoms with Gasteiger partial charge in [-0.2, -0.15) is 0 Å². The second kappa shape index (κ2) is 15.8. The third-order valence-electron chi connectivity index (χ3n) is 13.1. The predicted octanol–water partition coefficient (Wildman–Crippen LogP) is 5.58. The van der Waals surface area contributed by atoms with Crippen LogP contribution in [0.1, 0.15) is 95.5 Å². The van der Waals surface area contributed by atoms with Crippen molar-refractivity contribution in [2.75, 3.05) is 60.2 Å². The molecule has 1 unspecified atom stereocenters. The number of hydrogen-bond acceptors (Lipinski definition) is 15. The molecule has 3 aromatic carbocycles. The van der Waals surface area contributed by atoms with Crippen molar-refractivity contribution in [2.24, 2.45) is 0 Å². The molecule has 3 aromatic rings. The highest BCUT2D eigenvalue weighted by Crippen LogP contribution is 2.64. The molecule has 7 aliphatic heterocycles. The third kappa shape index (κ3) is 6.12. The summed E-state index contributed by atoms with van der Waals surface area (Å²) in [5, 5.41) is 15.9. The summed E-state index contributed by atoms with van der Waals surface area (Å²) in [4.78, 5) is 32.5. The van der Waals surface area contributed by atoms with Crippen LogP contribution in [0, 0.1) is 13.8 Å². The topological polar surface area (TPSA) is 147 Å². The molecule has 2 N–H and O–H groups in total. The number of benzene rings is 3. The number of nitrogens with zero attached hydrogens (tertiary/aromatic N) is 2. The fraction of sp³-hybridized carbons (Fsp3) is 0.556. The molecule has 7 atom stereocenters. The number of ether oxygens (including phenoxy) is 8. The molecule has 2 saturated heterocycles. The molecule has 7 aliphatic rings. The van der Waals surface area contributed by atoms with Crippen molar-refractivity contribution in [1.82, 2.24) is 15.1 Å². The van der Waals surface area contributed by atoms with Crippen LogP contribution in [-0.4, -0.2) is 105 Å². The number of thioether (sulfide) groups is 1. The van der Waals surface area contributed by atoms with Gasteiger partial charge in [-0.3, -0.25) is 19.9 Å². The van der Waals surface area contributed by atoms with Gasteiger partial charge in [-0.1, -0.05) is 19.9 Å². The van der Waals surface area contributed by atoms with E-state index in [4.69, 9.17) is 37.9 Å². The van der Waals surface area contributed by atoms with Crippen LogP contribution in [0.3, 0.4) is 0 Å². The molecule has 10 rings (SSSR count). The van der Waals surface area contributed by atoms with Gasteiger partial charge in [0.1, 0.15) is 18.6 Å². The number of aliphatic hydroxyl groups is 1. The standard InChI is InChI=1S/C45H55N3O11S/c1-9-13-54-31-17-25-11-12-46-45(27(25)18-30(31)52-7)20-60-42-34-33(41-39(57-21-58-41)23(4)38(34)59-24(5)49)29(19-56-44(45)51)48-36(42)35-32-26(16-28(43(48)50)47(35)6)15-22(3)37(53-8)40(32)55-14-10-2/h15,17-18,28-29,35-36,42-43,46,50H,9-14,16,19-21H2,1-8H3/t28-,29-,35-,36?,42-,43+,45-/m1/s1. The number of hydrogen-bond donors (Lipinski definition) is 2. The maximum atomic E-state index is 15.0. The zero-order valence-electron chi connectivity index (χ0n) is 35.6. The summed E-state index contributed by atoms with van der Waals surface area (Å²) in [6, 6.07) is 4.21. The fourth-order valence-corrected chi connectivity index (χ4v) is 12.3. The number of carbonyl (C=O) groups is 2. The quantitative estimate of drug-likeness (QED) is 0.204. The highest BCUT2D eigenvalue weighted by molar-refractivity contribution is 7.99. The van der Waals surface area contributed by atoms with Crippen molar-refractivity contribution in [2.45, 2.75) is 101 Å². The van der Waals surface area contributed by atoms with Crippen LogP contribution in [0.2, 0.25) is 0 Å². The molecule has 322 valence electrons. The maximum Gasteiger partial charge on any atom is 0.331 e. The number of aliphatic hydroxyl groups excluding tert-OH is 1. The summed E-state index contributed by atoms with van der Waals surface area (Å²) < 4.78 is 49.9. The molecular weight excluding hydrogens is 791 g/mol. The smallest absolute Gasteiger partial charge is 0.331 e. The minimum atomic E-state index is -1.29. The lowest BCUT2D eigenvalue weighted by atomic mass is 9.73. The Kier molecular flexibility index (Phi) is 10.8. The zero-order valence-corrected chi connectivity index (χ0v) is 36.4. The van der Waals surface area contributed by atoms with Gasteiger partial charge in [0.05, 0.1) is 50.8 Å². The third-order valence-corrected chi connectivity index (χ3v) is 14.6. The second-order valence-electron chi connectivity index (χ2n) is 16.6. The Hall–Kier alpha value is -4.41. The van der Waals surface area contributed by atoms with Gasteiger partial charge >= 0.3 is 11.9 Å². The van der Waals surface area contributed by atoms with Crippen LogP contribution in [0.25, 0.3) is 0 Å². The lowest BCUT2D eigenvalue weighted by Crippen LogP contribution is -2.70. The van der Waals surface area contributed by atoms with Crippen LogP contribution in [0.4, 0.5) is 0 Å². The largest absolute Gasteiger partial charge is 0.493 e. The molecular formula is C45H55N3O11S. The molecule has 0 aliphatic carbocycles. The molecule has 0 aromatic heterocycles. The van der Waals surface area contributed by atoms with E-state index in [9.17, 15) is 9.90 Å². The van der Waals surface area contributed by atoms with Gasteiger partial charge in [-0.15, -0.1) is 11.8 Å². The summed E-state index contributed by atoms with van der Waals surface area (Å²) in [6.07, 6.45) is 1.87. The molecule has 7 heterocycles. The fourth-order valence-electron chi connectivity index (χ4n) is 10.6. The van der Waals surface area contributed by atoms with Crippen molar-refractivity contribution >= 4 is 23.7 Å². The van der Waals surface area contributed by atoms with Crippen LogP contribution < -0.4 is 38.5 Å². The van der Waals surface area contributed by atoms with Crippen molar-refractivity contribution in [3.63, 3.8) is 0 Å². The summed E-state index contributed by atoms with van der Waals surface area (Å²) >= 11 is 1.57. The summed E-state index contributed by atoms with van der Waals surface area (Å²) in [5.74, 6) is 3.21. The first-order valence-corrected chi connectivity index (χ1v) is 22.1.